The van der Waals surface area contributed by atoms with Crippen LogP contribution in [0.25, 0.3) is 0 Å². The zero-order chi connectivity index (χ0) is 12.7. The maximum atomic E-state index is 13.3. The molecule has 1 aromatic rings. The summed E-state index contributed by atoms with van der Waals surface area (Å²) in [7, 11) is 0. The maximum absolute atomic E-state index is 13.3. The Morgan fingerprint density at radius 3 is 2.00 bits per heavy atom. The number of rotatable bonds is 1. The molecule has 0 aliphatic rings. The molecule has 6 heteroatoms. The third-order valence-electron chi connectivity index (χ3n) is 2.40. The summed E-state index contributed by atoms with van der Waals surface area (Å²) < 4.78 is 63.9. The van der Waals surface area contributed by atoms with Crippen molar-refractivity contribution in [3.05, 3.63) is 34.9 Å². The van der Waals surface area contributed by atoms with E-state index in [0.29, 0.717) is 19.1 Å². The highest BCUT2D eigenvalue weighted by atomic mass is 19.4. The second-order valence-electron chi connectivity index (χ2n) is 3.78. The van der Waals surface area contributed by atoms with E-state index >= 15 is 0 Å². The fourth-order valence-corrected chi connectivity index (χ4v) is 1.20. The molecule has 0 amide bonds. The van der Waals surface area contributed by atoms with Gasteiger partial charge in [0, 0.05) is 5.56 Å². The number of alkyl halides is 3. The lowest BCUT2D eigenvalue weighted by atomic mass is 9.91. The zero-order valence-corrected chi connectivity index (χ0v) is 8.62. The van der Waals surface area contributed by atoms with Gasteiger partial charge in [0.1, 0.15) is 17.2 Å². The molecule has 1 rings (SSSR count). The highest BCUT2D eigenvalue weighted by Gasteiger charge is 2.50. The number of aryl methyl sites for hydroxylation is 1. The summed E-state index contributed by atoms with van der Waals surface area (Å²) in [5, 5.41) is 0. The van der Waals surface area contributed by atoms with Crippen LogP contribution in [-0.4, -0.2) is 6.18 Å². The summed E-state index contributed by atoms with van der Waals surface area (Å²) in [6, 6.07) is 1.18. The minimum atomic E-state index is -4.85. The summed E-state index contributed by atoms with van der Waals surface area (Å²) in [5.41, 5.74) is 1.12. The van der Waals surface area contributed by atoms with Gasteiger partial charge >= 0.3 is 6.18 Å². The summed E-state index contributed by atoms with van der Waals surface area (Å²) in [6.45, 7) is 1.85. The molecule has 0 radical (unpaired) electrons. The lowest BCUT2D eigenvalue weighted by Crippen LogP contribution is -2.48. The molecule has 1 nitrogen and oxygen atoms in total. The fourth-order valence-electron chi connectivity index (χ4n) is 1.20. The Morgan fingerprint density at radius 1 is 1.06 bits per heavy atom. The van der Waals surface area contributed by atoms with Crippen LogP contribution in [-0.2, 0) is 5.54 Å². The monoisotopic (exact) mass is 239 g/mol. The van der Waals surface area contributed by atoms with E-state index in [4.69, 9.17) is 5.73 Å². The van der Waals surface area contributed by atoms with Crippen molar-refractivity contribution in [3.63, 3.8) is 0 Å². The van der Waals surface area contributed by atoms with Crippen LogP contribution in [0.4, 0.5) is 22.0 Å². The molecular formula is C10H10F5N. The van der Waals surface area contributed by atoms with E-state index in [1.807, 2.05) is 0 Å². The van der Waals surface area contributed by atoms with Gasteiger partial charge in [-0.2, -0.15) is 13.2 Å². The molecule has 16 heavy (non-hydrogen) atoms. The largest absolute Gasteiger partial charge is 0.410 e. The van der Waals surface area contributed by atoms with Gasteiger partial charge in [-0.3, -0.25) is 0 Å². The molecule has 2 N–H and O–H groups in total. The zero-order valence-electron chi connectivity index (χ0n) is 8.62. The molecule has 0 spiro atoms. The van der Waals surface area contributed by atoms with Crippen LogP contribution in [0, 0.1) is 18.6 Å². The minimum absolute atomic E-state index is 0.0702. The predicted octanol–water partition coefficient (Wildman–Crippen LogP) is 3.01. The molecule has 0 saturated carbocycles. The fraction of sp³-hybridized carbons (Fsp3) is 0.400. The molecular weight excluding hydrogens is 229 g/mol. The van der Waals surface area contributed by atoms with Gasteiger partial charge in [0.15, 0.2) is 0 Å². The van der Waals surface area contributed by atoms with Gasteiger partial charge in [-0.05, 0) is 31.5 Å². The SMILES string of the molecule is Cc1cc(F)c(C(C)(N)C(F)(F)F)cc1F. The predicted molar refractivity (Wildman–Crippen MR) is 48.7 cm³/mol. The van der Waals surface area contributed by atoms with Crippen LogP contribution >= 0.6 is 0 Å². The maximum Gasteiger partial charge on any atom is 0.410 e. The third kappa shape index (κ3) is 2.02. The Hall–Kier alpha value is -1.17. The van der Waals surface area contributed by atoms with Crippen LogP contribution in [0.5, 0.6) is 0 Å². The van der Waals surface area contributed by atoms with E-state index in [1.54, 1.807) is 0 Å². The molecule has 1 aromatic carbocycles. The molecule has 1 atom stereocenters. The first-order chi connectivity index (χ1) is 7.07. The van der Waals surface area contributed by atoms with Crippen molar-refractivity contribution < 1.29 is 22.0 Å². The first-order valence-electron chi connectivity index (χ1n) is 4.39. The first-order valence-corrected chi connectivity index (χ1v) is 4.39. The molecule has 0 saturated heterocycles. The van der Waals surface area contributed by atoms with E-state index in [2.05, 4.69) is 0 Å². The molecule has 0 aromatic heterocycles. The Labute approximate surface area is 89.1 Å². The lowest BCUT2D eigenvalue weighted by molar-refractivity contribution is -0.184. The molecule has 0 aliphatic carbocycles. The molecule has 1 unspecified atom stereocenters. The van der Waals surface area contributed by atoms with Crippen LogP contribution in [0.15, 0.2) is 12.1 Å². The third-order valence-corrected chi connectivity index (χ3v) is 2.40. The van der Waals surface area contributed by atoms with E-state index in [1.165, 1.54) is 6.92 Å². The Kier molecular flexibility index (Phi) is 2.98. The summed E-state index contributed by atoms with van der Waals surface area (Å²) in [4.78, 5) is 0. The van der Waals surface area contributed by atoms with Crippen molar-refractivity contribution in [1.82, 2.24) is 0 Å². The normalized spacial score (nSPS) is 16.0. The quantitative estimate of drug-likeness (QED) is 0.749. The number of hydrogen-bond donors (Lipinski definition) is 1. The summed E-state index contributed by atoms with van der Waals surface area (Å²) in [5.74, 6) is -2.08. The van der Waals surface area contributed by atoms with E-state index in [0.717, 1.165) is 0 Å². The van der Waals surface area contributed by atoms with E-state index in [9.17, 15) is 22.0 Å². The average Bonchev–Trinajstić information content (AvgIpc) is 2.09. The number of nitrogens with two attached hydrogens (primary N) is 1. The van der Waals surface area contributed by atoms with E-state index in [-0.39, 0.29) is 5.56 Å². The minimum Gasteiger partial charge on any atom is -0.314 e. The van der Waals surface area contributed by atoms with Crippen LogP contribution in [0.1, 0.15) is 18.1 Å². The van der Waals surface area contributed by atoms with Gasteiger partial charge in [0.2, 0.25) is 0 Å². The van der Waals surface area contributed by atoms with Gasteiger partial charge in [-0.15, -0.1) is 0 Å². The lowest BCUT2D eigenvalue weighted by Gasteiger charge is -2.28. The summed E-state index contributed by atoms with van der Waals surface area (Å²) in [6.07, 6.45) is -4.85. The Balaban J connectivity index is 3.39. The van der Waals surface area contributed by atoms with Crippen molar-refractivity contribution in [1.29, 1.82) is 0 Å². The smallest absolute Gasteiger partial charge is 0.314 e. The second-order valence-corrected chi connectivity index (χ2v) is 3.78. The molecule has 0 bridgehead atoms. The van der Waals surface area contributed by atoms with Gasteiger partial charge in [-0.1, -0.05) is 0 Å². The van der Waals surface area contributed by atoms with Gasteiger partial charge < -0.3 is 5.73 Å². The van der Waals surface area contributed by atoms with Gasteiger partial charge in [0.05, 0.1) is 0 Å². The molecule has 90 valence electrons. The molecule has 0 fully saturated rings. The van der Waals surface area contributed by atoms with Crippen molar-refractivity contribution in [2.24, 2.45) is 5.73 Å². The van der Waals surface area contributed by atoms with E-state index < -0.39 is 28.9 Å². The van der Waals surface area contributed by atoms with Crippen molar-refractivity contribution in [3.8, 4) is 0 Å². The van der Waals surface area contributed by atoms with Gasteiger partial charge in [-0.25, -0.2) is 8.78 Å². The molecule has 0 heterocycles. The highest BCUT2D eigenvalue weighted by Crippen LogP contribution is 2.37. The standard InChI is InChI=1S/C10H10F5N/c1-5-3-8(12)6(4-7(5)11)9(2,16)10(13,14)15/h3-4H,16H2,1-2H3. The van der Waals surface area contributed by atoms with Gasteiger partial charge in [0.25, 0.3) is 0 Å². The average molecular weight is 239 g/mol. The Morgan fingerprint density at radius 2 is 1.56 bits per heavy atom. The van der Waals surface area contributed by atoms with Crippen LogP contribution in [0.3, 0.4) is 0 Å². The Bertz CT molecular complexity index is 408. The van der Waals surface area contributed by atoms with Crippen LogP contribution < -0.4 is 5.73 Å². The van der Waals surface area contributed by atoms with Crippen LogP contribution in [0.2, 0.25) is 0 Å². The first kappa shape index (κ1) is 12.9. The van der Waals surface area contributed by atoms with Crippen molar-refractivity contribution in [2.75, 3.05) is 0 Å². The number of benzene rings is 1. The second kappa shape index (κ2) is 3.69. The topological polar surface area (TPSA) is 26.0 Å². The summed E-state index contributed by atoms with van der Waals surface area (Å²) >= 11 is 0. The number of halogens is 5. The van der Waals surface area contributed by atoms with Crippen molar-refractivity contribution in [2.45, 2.75) is 25.6 Å². The van der Waals surface area contributed by atoms with Crippen molar-refractivity contribution >= 4 is 0 Å². The number of hydrogen-bond acceptors (Lipinski definition) is 1. The highest BCUT2D eigenvalue weighted by molar-refractivity contribution is 5.31. The molecule has 0 aliphatic heterocycles.